The summed E-state index contributed by atoms with van der Waals surface area (Å²) < 4.78 is 18.4. The van der Waals surface area contributed by atoms with Crippen molar-refractivity contribution in [2.24, 2.45) is 5.73 Å². The van der Waals surface area contributed by atoms with Crippen molar-refractivity contribution in [1.82, 2.24) is 0 Å². The van der Waals surface area contributed by atoms with Gasteiger partial charge >= 0.3 is 0 Å². The molecule has 0 radical (unpaired) electrons. The zero-order valence-electron chi connectivity index (χ0n) is 7.74. The lowest BCUT2D eigenvalue weighted by molar-refractivity contribution is 0.0974. The molecule has 1 amide bonds. The third kappa shape index (κ3) is 1.74. The number of furan rings is 1. The first-order chi connectivity index (χ1) is 7.18. The van der Waals surface area contributed by atoms with Crippen molar-refractivity contribution in [2.45, 2.75) is 0 Å². The largest absolute Gasteiger partial charge is 0.451 e. The molecule has 0 unspecified atom stereocenters. The zero-order chi connectivity index (χ0) is 10.8. The van der Waals surface area contributed by atoms with Crippen molar-refractivity contribution in [1.29, 1.82) is 0 Å². The average molecular weight is 205 g/mol. The number of carbonyl (C=O) groups is 1. The molecule has 0 aliphatic carbocycles. The molecule has 0 aliphatic rings. The molecule has 3 nitrogen and oxygen atoms in total. The van der Waals surface area contributed by atoms with Crippen LogP contribution in [0.15, 0.2) is 40.8 Å². The summed E-state index contributed by atoms with van der Waals surface area (Å²) in [5, 5.41) is 0. The molecule has 0 atom stereocenters. The molecule has 1 aromatic heterocycles. The quantitative estimate of drug-likeness (QED) is 0.816. The second kappa shape index (κ2) is 3.57. The fourth-order valence-electron chi connectivity index (χ4n) is 1.28. The van der Waals surface area contributed by atoms with Gasteiger partial charge in [-0.1, -0.05) is 12.1 Å². The standard InChI is InChI=1S/C11H8FNO2/c12-8-4-2-1-3-7(8)9-5-6-10(15-9)11(13)14/h1-6H,(H2,13,14). The molecule has 2 N–H and O–H groups in total. The summed E-state index contributed by atoms with van der Waals surface area (Å²) in [5.74, 6) is -0.754. The molecular weight excluding hydrogens is 197 g/mol. The van der Waals surface area contributed by atoms with Gasteiger partial charge in [-0.15, -0.1) is 0 Å². The Morgan fingerprint density at radius 1 is 1.20 bits per heavy atom. The number of halogens is 1. The van der Waals surface area contributed by atoms with Crippen molar-refractivity contribution in [3.05, 3.63) is 48.0 Å². The number of hydrogen-bond donors (Lipinski definition) is 1. The van der Waals surface area contributed by atoms with E-state index in [1.54, 1.807) is 18.2 Å². The summed E-state index contributed by atoms with van der Waals surface area (Å²) in [7, 11) is 0. The van der Waals surface area contributed by atoms with E-state index in [-0.39, 0.29) is 5.76 Å². The number of carbonyl (C=O) groups excluding carboxylic acids is 1. The van der Waals surface area contributed by atoms with Gasteiger partial charge in [0, 0.05) is 0 Å². The fraction of sp³-hybridized carbons (Fsp3) is 0. The van der Waals surface area contributed by atoms with Gasteiger partial charge in [0.15, 0.2) is 5.76 Å². The van der Waals surface area contributed by atoms with Crippen LogP contribution in [0.1, 0.15) is 10.6 Å². The van der Waals surface area contributed by atoms with E-state index in [4.69, 9.17) is 10.2 Å². The van der Waals surface area contributed by atoms with E-state index in [9.17, 15) is 9.18 Å². The van der Waals surface area contributed by atoms with Crippen LogP contribution in [0.25, 0.3) is 11.3 Å². The minimum atomic E-state index is -0.669. The van der Waals surface area contributed by atoms with Crippen LogP contribution in [0.2, 0.25) is 0 Å². The highest BCUT2D eigenvalue weighted by Gasteiger charge is 2.11. The molecule has 2 aromatic rings. The predicted octanol–water partition coefficient (Wildman–Crippen LogP) is 2.18. The maximum atomic E-state index is 13.3. The summed E-state index contributed by atoms with van der Waals surface area (Å²) in [6.07, 6.45) is 0. The smallest absolute Gasteiger partial charge is 0.284 e. The Morgan fingerprint density at radius 2 is 1.93 bits per heavy atom. The first-order valence-corrected chi connectivity index (χ1v) is 4.33. The van der Waals surface area contributed by atoms with Gasteiger partial charge < -0.3 is 10.2 Å². The molecule has 76 valence electrons. The first kappa shape index (κ1) is 9.45. The minimum Gasteiger partial charge on any atom is -0.451 e. The zero-order valence-corrected chi connectivity index (χ0v) is 7.74. The Kier molecular flexibility index (Phi) is 2.25. The number of hydrogen-bond acceptors (Lipinski definition) is 2. The highest BCUT2D eigenvalue weighted by atomic mass is 19.1. The van der Waals surface area contributed by atoms with Crippen LogP contribution < -0.4 is 5.73 Å². The highest BCUT2D eigenvalue weighted by molar-refractivity contribution is 5.90. The number of benzene rings is 1. The second-order valence-corrected chi connectivity index (χ2v) is 3.01. The fourth-order valence-corrected chi connectivity index (χ4v) is 1.28. The van der Waals surface area contributed by atoms with Gasteiger partial charge in [0.25, 0.3) is 5.91 Å². The minimum absolute atomic E-state index is 0.0215. The normalized spacial score (nSPS) is 10.2. The number of nitrogens with two attached hydrogens (primary N) is 1. The van der Waals surface area contributed by atoms with Gasteiger partial charge in [0.1, 0.15) is 11.6 Å². The van der Waals surface area contributed by atoms with Crippen molar-refractivity contribution < 1.29 is 13.6 Å². The van der Waals surface area contributed by atoms with Crippen molar-refractivity contribution in [2.75, 3.05) is 0 Å². The van der Waals surface area contributed by atoms with Gasteiger partial charge in [-0.25, -0.2) is 4.39 Å². The average Bonchev–Trinajstić information content (AvgIpc) is 2.67. The topological polar surface area (TPSA) is 56.2 Å². The number of rotatable bonds is 2. The lowest BCUT2D eigenvalue weighted by Gasteiger charge is -1.97. The van der Waals surface area contributed by atoms with Crippen molar-refractivity contribution in [3.8, 4) is 11.3 Å². The predicted molar refractivity (Wildman–Crippen MR) is 52.6 cm³/mol. The van der Waals surface area contributed by atoms with Crippen molar-refractivity contribution in [3.63, 3.8) is 0 Å². The summed E-state index contributed by atoms with van der Waals surface area (Å²) in [5.41, 5.74) is 5.33. The molecular formula is C11H8FNO2. The first-order valence-electron chi connectivity index (χ1n) is 4.33. The molecule has 0 aliphatic heterocycles. The van der Waals surface area contributed by atoms with Gasteiger partial charge in [0.05, 0.1) is 5.56 Å². The molecule has 2 rings (SSSR count). The molecule has 1 heterocycles. The van der Waals surface area contributed by atoms with Crippen LogP contribution >= 0.6 is 0 Å². The molecule has 15 heavy (non-hydrogen) atoms. The van der Waals surface area contributed by atoms with E-state index in [1.807, 2.05) is 0 Å². The third-order valence-electron chi connectivity index (χ3n) is 1.99. The van der Waals surface area contributed by atoms with Crippen LogP contribution in [-0.2, 0) is 0 Å². The molecule has 4 heteroatoms. The Labute approximate surface area is 85.3 Å². The van der Waals surface area contributed by atoms with E-state index in [2.05, 4.69) is 0 Å². The third-order valence-corrected chi connectivity index (χ3v) is 1.99. The summed E-state index contributed by atoms with van der Waals surface area (Å²) in [6.45, 7) is 0. The molecule has 0 fully saturated rings. The summed E-state index contributed by atoms with van der Waals surface area (Å²) >= 11 is 0. The van der Waals surface area contributed by atoms with Gasteiger partial charge in [-0.3, -0.25) is 4.79 Å². The van der Waals surface area contributed by atoms with E-state index < -0.39 is 11.7 Å². The van der Waals surface area contributed by atoms with Crippen LogP contribution in [0, 0.1) is 5.82 Å². The second-order valence-electron chi connectivity index (χ2n) is 3.01. The van der Waals surface area contributed by atoms with Crippen LogP contribution in [0.3, 0.4) is 0 Å². The van der Waals surface area contributed by atoms with Crippen LogP contribution in [0.4, 0.5) is 4.39 Å². The van der Waals surface area contributed by atoms with Gasteiger partial charge in [-0.2, -0.15) is 0 Å². The van der Waals surface area contributed by atoms with Crippen LogP contribution in [-0.4, -0.2) is 5.91 Å². The lowest BCUT2D eigenvalue weighted by Crippen LogP contribution is -2.09. The Balaban J connectivity index is 2.46. The molecule has 0 bridgehead atoms. The monoisotopic (exact) mass is 205 g/mol. The lowest BCUT2D eigenvalue weighted by atomic mass is 10.1. The highest BCUT2D eigenvalue weighted by Crippen LogP contribution is 2.24. The van der Waals surface area contributed by atoms with E-state index in [0.717, 1.165) is 0 Å². The number of amides is 1. The van der Waals surface area contributed by atoms with Crippen LogP contribution in [0.5, 0.6) is 0 Å². The number of primary amides is 1. The van der Waals surface area contributed by atoms with E-state index in [1.165, 1.54) is 18.2 Å². The Morgan fingerprint density at radius 3 is 2.53 bits per heavy atom. The molecule has 1 aromatic carbocycles. The SMILES string of the molecule is NC(=O)c1ccc(-c2ccccc2F)o1. The van der Waals surface area contributed by atoms with Crippen molar-refractivity contribution >= 4 is 5.91 Å². The van der Waals surface area contributed by atoms with E-state index >= 15 is 0 Å². The van der Waals surface area contributed by atoms with Gasteiger partial charge in [0.2, 0.25) is 0 Å². The maximum Gasteiger partial charge on any atom is 0.284 e. The summed E-state index contributed by atoms with van der Waals surface area (Å²) in [6, 6.07) is 9.09. The van der Waals surface area contributed by atoms with Gasteiger partial charge in [-0.05, 0) is 24.3 Å². The molecule has 0 spiro atoms. The summed E-state index contributed by atoms with van der Waals surface area (Å²) in [4.78, 5) is 10.8. The maximum absolute atomic E-state index is 13.3. The molecule has 0 saturated heterocycles. The Bertz CT molecular complexity index is 505. The molecule has 0 saturated carbocycles. The Hall–Kier alpha value is -2.10. The van der Waals surface area contributed by atoms with E-state index in [0.29, 0.717) is 11.3 Å².